The lowest BCUT2D eigenvalue weighted by molar-refractivity contribution is 0.0674. The van der Waals surface area contributed by atoms with Crippen LogP contribution in [-0.4, -0.2) is 29.4 Å². The van der Waals surface area contributed by atoms with Crippen LogP contribution in [0.15, 0.2) is 47.4 Å². The molecule has 0 atom stereocenters. The summed E-state index contributed by atoms with van der Waals surface area (Å²) in [5, 5.41) is 9.39. The number of carboxylic acid groups (broad SMARTS) is 1. The van der Waals surface area contributed by atoms with Gasteiger partial charge in [0, 0.05) is 25.9 Å². The van der Waals surface area contributed by atoms with Crippen molar-refractivity contribution in [3.63, 3.8) is 0 Å². The van der Waals surface area contributed by atoms with Crippen LogP contribution >= 0.6 is 0 Å². The lowest BCUT2D eigenvalue weighted by atomic mass is 10.2. The second-order valence-electron chi connectivity index (χ2n) is 4.62. The van der Waals surface area contributed by atoms with Crippen LogP contribution in [0, 0.1) is 0 Å². The molecule has 2 aromatic rings. The molecule has 0 saturated heterocycles. The Morgan fingerprint density at radius 2 is 1.95 bits per heavy atom. The third kappa shape index (κ3) is 3.73. The standard InChI is InChI=1S/C16H17NO5/c1-21-10-9-17-8-7-13(18)15(14(17)16(19)20)22-11-12-5-3-2-4-6-12/h2-8H,9-11H2,1H3,(H,19,20). The molecule has 0 amide bonds. The van der Waals surface area contributed by atoms with Crippen LogP contribution in [0.4, 0.5) is 0 Å². The highest BCUT2D eigenvalue weighted by molar-refractivity contribution is 5.88. The van der Waals surface area contributed by atoms with Crippen LogP contribution in [0.1, 0.15) is 16.1 Å². The van der Waals surface area contributed by atoms with Crippen molar-refractivity contribution < 1.29 is 19.4 Å². The molecular weight excluding hydrogens is 286 g/mol. The molecule has 0 bridgehead atoms. The van der Waals surface area contributed by atoms with Gasteiger partial charge in [0.25, 0.3) is 0 Å². The maximum Gasteiger partial charge on any atom is 0.356 e. The molecule has 1 N–H and O–H groups in total. The van der Waals surface area contributed by atoms with E-state index in [1.54, 1.807) is 0 Å². The first-order valence-electron chi connectivity index (χ1n) is 6.76. The van der Waals surface area contributed by atoms with Gasteiger partial charge in [0.1, 0.15) is 6.61 Å². The fraction of sp³-hybridized carbons (Fsp3) is 0.250. The minimum atomic E-state index is -1.21. The Bertz CT molecular complexity index is 693. The summed E-state index contributed by atoms with van der Waals surface area (Å²) in [6.45, 7) is 0.784. The smallest absolute Gasteiger partial charge is 0.356 e. The maximum absolute atomic E-state index is 12.0. The molecule has 116 valence electrons. The van der Waals surface area contributed by atoms with E-state index >= 15 is 0 Å². The van der Waals surface area contributed by atoms with Crippen LogP contribution in [-0.2, 0) is 17.9 Å². The van der Waals surface area contributed by atoms with Crippen molar-refractivity contribution in [3.05, 3.63) is 64.1 Å². The van der Waals surface area contributed by atoms with E-state index in [1.165, 1.54) is 23.9 Å². The summed E-state index contributed by atoms with van der Waals surface area (Å²) in [6, 6.07) is 10.5. The van der Waals surface area contributed by atoms with E-state index in [2.05, 4.69) is 0 Å². The van der Waals surface area contributed by atoms with Crippen LogP contribution in [0.5, 0.6) is 5.75 Å². The Balaban J connectivity index is 2.32. The summed E-state index contributed by atoms with van der Waals surface area (Å²) < 4.78 is 11.9. The largest absolute Gasteiger partial charge is 0.482 e. The molecule has 0 radical (unpaired) electrons. The van der Waals surface area contributed by atoms with Crippen molar-refractivity contribution >= 4 is 5.97 Å². The van der Waals surface area contributed by atoms with E-state index < -0.39 is 11.4 Å². The van der Waals surface area contributed by atoms with E-state index in [9.17, 15) is 14.7 Å². The van der Waals surface area contributed by atoms with Gasteiger partial charge in [-0.2, -0.15) is 0 Å². The average molecular weight is 303 g/mol. The molecule has 1 aromatic carbocycles. The molecule has 6 heteroatoms. The lowest BCUT2D eigenvalue weighted by Crippen LogP contribution is -2.21. The molecule has 1 aromatic heterocycles. The number of carboxylic acids is 1. The van der Waals surface area contributed by atoms with Gasteiger partial charge in [-0.25, -0.2) is 4.79 Å². The van der Waals surface area contributed by atoms with Crippen molar-refractivity contribution in [2.24, 2.45) is 0 Å². The number of methoxy groups -OCH3 is 1. The minimum Gasteiger partial charge on any atom is -0.482 e. The first kappa shape index (κ1) is 15.8. The molecule has 0 aliphatic rings. The molecule has 2 rings (SSSR count). The Morgan fingerprint density at radius 3 is 2.59 bits per heavy atom. The molecule has 22 heavy (non-hydrogen) atoms. The van der Waals surface area contributed by atoms with Crippen LogP contribution in [0.25, 0.3) is 0 Å². The van der Waals surface area contributed by atoms with Crippen molar-refractivity contribution in [3.8, 4) is 5.75 Å². The quantitative estimate of drug-likeness (QED) is 0.843. The van der Waals surface area contributed by atoms with E-state index in [1.807, 2.05) is 30.3 Å². The number of nitrogens with zero attached hydrogens (tertiary/aromatic N) is 1. The number of benzene rings is 1. The Kier molecular flexibility index (Phi) is 5.32. The van der Waals surface area contributed by atoms with E-state index in [0.29, 0.717) is 13.2 Å². The summed E-state index contributed by atoms with van der Waals surface area (Å²) >= 11 is 0. The molecule has 0 saturated carbocycles. The molecule has 0 aliphatic carbocycles. The third-order valence-electron chi connectivity index (χ3n) is 3.10. The van der Waals surface area contributed by atoms with Crippen molar-refractivity contribution in [2.45, 2.75) is 13.2 Å². The summed E-state index contributed by atoms with van der Waals surface area (Å²) in [7, 11) is 1.52. The number of carbonyl (C=O) groups is 1. The first-order chi connectivity index (χ1) is 10.6. The van der Waals surface area contributed by atoms with Crippen molar-refractivity contribution in [1.82, 2.24) is 4.57 Å². The molecule has 0 spiro atoms. The van der Waals surface area contributed by atoms with Gasteiger partial charge < -0.3 is 19.1 Å². The van der Waals surface area contributed by atoms with E-state index in [4.69, 9.17) is 9.47 Å². The van der Waals surface area contributed by atoms with Crippen LogP contribution in [0.2, 0.25) is 0 Å². The zero-order valence-electron chi connectivity index (χ0n) is 12.2. The predicted molar refractivity (Wildman–Crippen MR) is 80.3 cm³/mol. The summed E-state index contributed by atoms with van der Waals surface area (Å²) in [4.78, 5) is 23.4. The number of aromatic nitrogens is 1. The fourth-order valence-corrected chi connectivity index (χ4v) is 2.02. The number of aromatic carboxylic acids is 1. The number of rotatable bonds is 7. The SMILES string of the molecule is COCCn1ccc(=O)c(OCc2ccccc2)c1C(=O)O. The van der Waals surface area contributed by atoms with Gasteiger partial charge >= 0.3 is 5.97 Å². The second kappa shape index (κ2) is 7.42. The maximum atomic E-state index is 12.0. The van der Waals surface area contributed by atoms with Gasteiger partial charge in [-0.1, -0.05) is 30.3 Å². The van der Waals surface area contributed by atoms with Crippen molar-refractivity contribution in [2.75, 3.05) is 13.7 Å². The van der Waals surface area contributed by atoms with Gasteiger partial charge in [-0.05, 0) is 5.56 Å². The Labute approximate surface area is 127 Å². The summed E-state index contributed by atoms with van der Waals surface area (Å²) in [6.07, 6.45) is 1.43. The highest BCUT2D eigenvalue weighted by Gasteiger charge is 2.19. The normalized spacial score (nSPS) is 10.4. The van der Waals surface area contributed by atoms with Crippen LogP contribution < -0.4 is 10.2 Å². The minimum absolute atomic E-state index is 0.130. The zero-order valence-corrected chi connectivity index (χ0v) is 12.2. The fourth-order valence-electron chi connectivity index (χ4n) is 2.02. The molecule has 0 fully saturated rings. The third-order valence-corrected chi connectivity index (χ3v) is 3.10. The Hall–Kier alpha value is -2.60. The van der Waals surface area contributed by atoms with Gasteiger partial charge in [0.2, 0.25) is 5.43 Å². The first-order valence-corrected chi connectivity index (χ1v) is 6.76. The topological polar surface area (TPSA) is 77.8 Å². The average Bonchev–Trinajstić information content (AvgIpc) is 2.53. The predicted octanol–water partition coefficient (Wildman–Crippen LogP) is 1.77. The highest BCUT2D eigenvalue weighted by Crippen LogP contribution is 2.15. The monoisotopic (exact) mass is 303 g/mol. The lowest BCUT2D eigenvalue weighted by Gasteiger charge is -2.14. The number of ether oxygens (including phenoxy) is 2. The van der Waals surface area contributed by atoms with Crippen LogP contribution in [0.3, 0.4) is 0 Å². The zero-order chi connectivity index (χ0) is 15.9. The van der Waals surface area contributed by atoms with E-state index in [-0.39, 0.29) is 18.1 Å². The summed E-state index contributed by atoms with van der Waals surface area (Å²) in [5.41, 5.74) is 0.230. The second-order valence-corrected chi connectivity index (χ2v) is 4.62. The Morgan fingerprint density at radius 1 is 1.23 bits per heavy atom. The molecule has 0 aliphatic heterocycles. The molecular formula is C16H17NO5. The van der Waals surface area contributed by atoms with Crippen molar-refractivity contribution in [1.29, 1.82) is 0 Å². The molecule has 0 unspecified atom stereocenters. The number of pyridine rings is 1. The van der Waals surface area contributed by atoms with Gasteiger partial charge in [0.15, 0.2) is 11.4 Å². The van der Waals surface area contributed by atoms with Gasteiger partial charge in [-0.15, -0.1) is 0 Å². The van der Waals surface area contributed by atoms with Gasteiger partial charge in [-0.3, -0.25) is 4.79 Å². The highest BCUT2D eigenvalue weighted by atomic mass is 16.5. The van der Waals surface area contributed by atoms with Gasteiger partial charge in [0.05, 0.1) is 6.61 Å². The number of hydrogen-bond acceptors (Lipinski definition) is 4. The summed E-state index contributed by atoms with van der Waals surface area (Å²) in [5.74, 6) is -1.37. The molecule has 6 nitrogen and oxygen atoms in total. The van der Waals surface area contributed by atoms with E-state index in [0.717, 1.165) is 5.56 Å². The number of hydrogen-bond donors (Lipinski definition) is 1. The molecule has 1 heterocycles.